The Morgan fingerprint density at radius 3 is 2.33 bits per heavy atom. The predicted octanol–water partition coefficient (Wildman–Crippen LogP) is 3.15. The molecular weight excluding hydrogens is 251 g/mol. The highest BCUT2D eigenvalue weighted by Crippen LogP contribution is 2.55. The van der Waals surface area contributed by atoms with Crippen LogP contribution in [0.3, 0.4) is 0 Å². The van der Waals surface area contributed by atoms with Crippen LogP contribution < -0.4 is 0 Å². The second-order valence-corrected chi connectivity index (χ2v) is 6.20. The summed E-state index contributed by atoms with van der Waals surface area (Å²) in [6.07, 6.45) is 2.17. The first-order valence-electron chi connectivity index (χ1n) is 5.64. The van der Waals surface area contributed by atoms with E-state index in [4.69, 9.17) is 9.05 Å². The van der Waals surface area contributed by atoms with E-state index in [1.807, 2.05) is 30.3 Å². The van der Waals surface area contributed by atoms with E-state index in [0.29, 0.717) is 6.42 Å². The molecule has 0 aliphatic heterocycles. The summed E-state index contributed by atoms with van der Waals surface area (Å²) < 4.78 is 21.9. The van der Waals surface area contributed by atoms with Crippen LogP contribution in [-0.2, 0) is 13.6 Å². The molecule has 2 atom stereocenters. The van der Waals surface area contributed by atoms with Crippen LogP contribution in [-0.4, -0.2) is 25.2 Å². The van der Waals surface area contributed by atoms with Crippen molar-refractivity contribution in [3.63, 3.8) is 0 Å². The van der Waals surface area contributed by atoms with Gasteiger partial charge in [0.1, 0.15) is 0 Å². The van der Waals surface area contributed by atoms with Crippen molar-refractivity contribution in [2.24, 2.45) is 0 Å². The molecule has 0 saturated carbocycles. The fourth-order valence-corrected chi connectivity index (χ4v) is 3.14. The minimum absolute atomic E-state index is 0.366. The molecule has 4 nitrogen and oxygen atoms in total. The van der Waals surface area contributed by atoms with Gasteiger partial charge >= 0.3 is 7.60 Å². The summed E-state index contributed by atoms with van der Waals surface area (Å²) in [4.78, 5) is 0. The summed E-state index contributed by atoms with van der Waals surface area (Å²) in [5.41, 5.74) is 0.874. The molecule has 0 aromatic heterocycles. The van der Waals surface area contributed by atoms with Gasteiger partial charge in [-0.25, -0.2) is 0 Å². The van der Waals surface area contributed by atoms with Crippen molar-refractivity contribution >= 4 is 7.60 Å². The molecule has 1 N–H and O–H groups in total. The Labute approximate surface area is 108 Å². The molecule has 0 fully saturated rings. The fraction of sp³-hybridized carbons (Fsp3) is 0.385. The van der Waals surface area contributed by atoms with Gasteiger partial charge in [-0.3, -0.25) is 4.57 Å². The minimum Gasteiger partial charge on any atom is -0.380 e. The van der Waals surface area contributed by atoms with Crippen molar-refractivity contribution in [3.05, 3.63) is 48.6 Å². The van der Waals surface area contributed by atoms with Gasteiger partial charge in [0, 0.05) is 20.1 Å². The third kappa shape index (κ3) is 3.30. The maximum Gasteiger partial charge on any atom is 0.358 e. The van der Waals surface area contributed by atoms with E-state index in [1.165, 1.54) is 14.2 Å². The van der Waals surface area contributed by atoms with Crippen molar-refractivity contribution in [2.45, 2.75) is 18.2 Å². The van der Waals surface area contributed by atoms with Crippen molar-refractivity contribution in [2.75, 3.05) is 14.2 Å². The molecule has 0 aliphatic rings. The molecule has 0 bridgehead atoms. The normalized spacial score (nSPS) is 15.1. The van der Waals surface area contributed by atoms with Crippen LogP contribution in [0.2, 0.25) is 0 Å². The van der Waals surface area contributed by atoms with E-state index in [1.54, 1.807) is 6.08 Å². The van der Waals surface area contributed by atoms with Crippen LogP contribution in [0.25, 0.3) is 0 Å². The van der Waals surface area contributed by atoms with Crippen LogP contribution in [0, 0.1) is 0 Å². The Kier molecular flexibility index (Phi) is 5.76. The Bertz CT molecular complexity index is 410. The third-order valence-electron chi connectivity index (χ3n) is 2.84. The van der Waals surface area contributed by atoms with Gasteiger partial charge in [-0.05, 0) is 12.0 Å². The predicted molar refractivity (Wildman–Crippen MR) is 71.6 cm³/mol. The van der Waals surface area contributed by atoms with Gasteiger partial charge in [0.2, 0.25) is 0 Å². The molecule has 1 rings (SSSR count). The topological polar surface area (TPSA) is 55.8 Å². The first-order valence-corrected chi connectivity index (χ1v) is 7.25. The Morgan fingerprint density at radius 1 is 1.33 bits per heavy atom. The lowest BCUT2D eigenvalue weighted by atomic mass is 9.96. The monoisotopic (exact) mass is 270 g/mol. The molecule has 1 aromatic carbocycles. The van der Waals surface area contributed by atoms with Crippen molar-refractivity contribution < 1.29 is 18.7 Å². The standard InChI is InChI=1S/C13H19O4P/c1-4-8-12(11-9-6-5-7-10-11)13(14)18(15,16-2)17-3/h4-7,9-10,12-14H,1,8H2,2-3H3. The third-order valence-corrected chi connectivity index (χ3v) is 4.87. The number of rotatable bonds is 7. The van der Waals surface area contributed by atoms with Crippen molar-refractivity contribution in [3.8, 4) is 0 Å². The van der Waals surface area contributed by atoms with Crippen LogP contribution in [0.15, 0.2) is 43.0 Å². The van der Waals surface area contributed by atoms with Gasteiger partial charge in [-0.2, -0.15) is 0 Å². The molecule has 100 valence electrons. The first-order chi connectivity index (χ1) is 8.59. The maximum atomic E-state index is 12.2. The average Bonchev–Trinajstić information content (AvgIpc) is 2.44. The highest BCUT2D eigenvalue weighted by molar-refractivity contribution is 7.54. The summed E-state index contributed by atoms with van der Waals surface area (Å²) in [5.74, 6) is -1.58. The lowest BCUT2D eigenvalue weighted by Gasteiger charge is -2.27. The van der Waals surface area contributed by atoms with E-state index < -0.39 is 13.4 Å². The van der Waals surface area contributed by atoms with Crippen LogP contribution in [0.5, 0.6) is 0 Å². The van der Waals surface area contributed by atoms with E-state index in [9.17, 15) is 9.67 Å². The first kappa shape index (κ1) is 15.1. The second-order valence-electron chi connectivity index (χ2n) is 3.86. The second kappa shape index (κ2) is 6.86. The van der Waals surface area contributed by atoms with E-state index in [2.05, 4.69) is 6.58 Å². The number of benzene rings is 1. The van der Waals surface area contributed by atoms with Crippen LogP contribution >= 0.6 is 7.60 Å². The van der Waals surface area contributed by atoms with Gasteiger partial charge in [0.15, 0.2) is 5.85 Å². The molecule has 0 saturated heterocycles. The number of aliphatic hydroxyl groups is 1. The van der Waals surface area contributed by atoms with Gasteiger partial charge in [-0.1, -0.05) is 36.4 Å². The Morgan fingerprint density at radius 2 is 1.89 bits per heavy atom. The molecule has 1 aromatic rings. The summed E-state index contributed by atoms with van der Waals surface area (Å²) in [7, 11) is -0.981. The van der Waals surface area contributed by atoms with E-state index in [0.717, 1.165) is 5.56 Å². The molecule has 0 heterocycles. The largest absolute Gasteiger partial charge is 0.380 e. The molecule has 0 spiro atoms. The maximum absolute atomic E-state index is 12.2. The Balaban J connectivity index is 3.06. The zero-order valence-corrected chi connectivity index (χ0v) is 11.5. The molecule has 2 unspecified atom stereocenters. The SMILES string of the molecule is C=CCC(c1ccccc1)C(O)P(=O)(OC)OC. The lowest BCUT2D eigenvalue weighted by Crippen LogP contribution is -2.20. The van der Waals surface area contributed by atoms with Gasteiger partial charge < -0.3 is 14.2 Å². The van der Waals surface area contributed by atoms with Crippen LogP contribution in [0.1, 0.15) is 17.9 Å². The molecule has 0 radical (unpaired) electrons. The van der Waals surface area contributed by atoms with Crippen molar-refractivity contribution in [1.82, 2.24) is 0 Å². The fourth-order valence-electron chi connectivity index (χ4n) is 1.82. The summed E-state index contributed by atoms with van der Waals surface area (Å²) >= 11 is 0. The smallest absolute Gasteiger partial charge is 0.358 e. The minimum atomic E-state index is -3.52. The zero-order valence-electron chi connectivity index (χ0n) is 10.7. The molecule has 5 heteroatoms. The number of hydrogen-bond acceptors (Lipinski definition) is 4. The van der Waals surface area contributed by atoms with E-state index >= 15 is 0 Å². The molecule has 0 amide bonds. The number of aliphatic hydroxyl groups excluding tert-OH is 1. The zero-order chi connectivity index (χ0) is 13.6. The van der Waals surface area contributed by atoms with Crippen LogP contribution in [0.4, 0.5) is 0 Å². The molecule has 0 aliphatic carbocycles. The van der Waals surface area contributed by atoms with E-state index in [-0.39, 0.29) is 5.92 Å². The quantitative estimate of drug-likeness (QED) is 0.611. The number of hydrogen-bond donors (Lipinski definition) is 1. The van der Waals surface area contributed by atoms with Gasteiger partial charge in [0.25, 0.3) is 0 Å². The average molecular weight is 270 g/mol. The highest BCUT2D eigenvalue weighted by Gasteiger charge is 2.38. The highest BCUT2D eigenvalue weighted by atomic mass is 31.2. The lowest BCUT2D eigenvalue weighted by molar-refractivity contribution is 0.154. The number of allylic oxidation sites excluding steroid dienone is 1. The summed E-state index contributed by atoms with van der Waals surface area (Å²) in [6.45, 7) is 3.66. The van der Waals surface area contributed by atoms with Gasteiger partial charge in [-0.15, -0.1) is 6.58 Å². The van der Waals surface area contributed by atoms with Crippen molar-refractivity contribution in [1.29, 1.82) is 0 Å². The van der Waals surface area contributed by atoms with Gasteiger partial charge in [0.05, 0.1) is 0 Å². The summed E-state index contributed by atoms with van der Waals surface area (Å²) in [5, 5.41) is 10.3. The molecular formula is C13H19O4P. The summed E-state index contributed by atoms with van der Waals surface area (Å²) in [6, 6.07) is 9.35. The Hall–Kier alpha value is -0.930. The molecule has 18 heavy (non-hydrogen) atoms.